The van der Waals surface area contributed by atoms with Crippen LogP contribution >= 0.6 is 0 Å². The van der Waals surface area contributed by atoms with Crippen LogP contribution in [0, 0.1) is 0 Å². The van der Waals surface area contributed by atoms with E-state index >= 15 is 0 Å². The molecule has 170 valence electrons. The molecule has 0 aliphatic rings. The van der Waals surface area contributed by atoms with E-state index in [-0.39, 0.29) is 13.0 Å². The number of hydrogen-bond acceptors (Lipinski definition) is 6. The first-order valence-electron chi connectivity index (χ1n) is 10.5. The number of rotatable bonds is 7. The lowest BCUT2D eigenvalue weighted by Crippen LogP contribution is -2.34. The molecule has 2 N–H and O–H groups in total. The van der Waals surface area contributed by atoms with Gasteiger partial charge in [-0.1, -0.05) is 11.6 Å². The number of aromatic nitrogens is 1. The van der Waals surface area contributed by atoms with Crippen LogP contribution in [0.4, 0.5) is 4.79 Å². The van der Waals surface area contributed by atoms with E-state index in [0.29, 0.717) is 17.7 Å². The molecule has 1 heterocycles. The van der Waals surface area contributed by atoms with Gasteiger partial charge in [0, 0.05) is 30.0 Å². The Bertz CT molecular complexity index is 978. The number of methoxy groups -OCH3 is 1. The molecular formula is C24H34N2O5. The van der Waals surface area contributed by atoms with Crippen molar-refractivity contribution in [2.45, 2.75) is 66.0 Å². The molecule has 0 bridgehead atoms. The largest absolute Gasteiger partial charge is 0.497 e. The Morgan fingerprint density at radius 1 is 1.23 bits per heavy atom. The first kappa shape index (κ1) is 24.5. The molecule has 0 spiro atoms. The average Bonchev–Trinajstić information content (AvgIpc) is 2.97. The van der Waals surface area contributed by atoms with Crippen LogP contribution in [0.3, 0.4) is 0 Å². The fourth-order valence-corrected chi connectivity index (χ4v) is 3.33. The lowest BCUT2D eigenvalue weighted by molar-refractivity contribution is -0.144. The van der Waals surface area contributed by atoms with E-state index in [0.717, 1.165) is 22.2 Å². The SMILES string of the molecule is CCOC(=O)[C@H](N)Cc1c(CC=C(C)C)n(C(=O)OC(C)(C)C)c2cc(OC)ccc12. The highest BCUT2D eigenvalue weighted by atomic mass is 16.6. The Balaban J connectivity index is 2.74. The molecule has 7 nitrogen and oxygen atoms in total. The molecule has 0 radical (unpaired) electrons. The van der Waals surface area contributed by atoms with E-state index in [1.165, 1.54) is 0 Å². The Kier molecular flexibility index (Phi) is 7.90. The minimum atomic E-state index is -0.842. The second kappa shape index (κ2) is 10.0. The van der Waals surface area contributed by atoms with Crippen LogP contribution in [0.2, 0.25) is 0 Å². The van der Waals surface area contributed by atoms with Crippen molar-refractivity contribution >= 4 is 23.0 Å². The average molecular weight is 431 g/mol. The lowest BCUT2D eigenvalue weighted by Gasteiger charge is -2.21. The van der Waals surface area contributed by atoms with E-state index in [2.05, 4.69) is 0 Å². The molecule has 0 saturated heterocycles. The number of allylic oxidation sites excluding steroid dienone is 2. The van der Waals surface area contributed by atoms with E-state index in [1.807, 2.05) is 52.8 Å². The molecule has 0 saturated carbocycles. The molecular weight excluding hydrogens is 396 g/mol. The van der Waals surface area contributed by atoms with Crippen LogP contribution in [0.1, 0.15) is 52.8 Å². The monoisotopic (exact) mass is 430 g/mol. The highest BCUT2D eigenvalue weighted by molar-refractivity contribution is 5.95. The molecule has 7 heteroatoms. The maximum Gasteiger partial charge on any atom is 0.419 e. The predicted octanol–water partition coefficient (Wildman–Crippen LogP) is 4.37. The van der Waals surface area contributed by atoms with Crippen molar-refractivity contribution in [2.75, 3.05) is 13.7 Å². The van der Waals surface area contributed by atoms with Gasteiger partial charge in [0.25, 0.3) is 0 Å². The van der Waals surface area contributed by atoms with Gasteiger partial charge in [-0.05, 0) is 59.2 Å². The molecule has 0 aliphatic carbocycles. The van der Waals surface area contributed by atoms with E-state index in [9.17, 15) is 9.59 Å². The summed E-state index contributed by atoms with van der Waals surface area (Å²) in [6.45, 7) is 11.5. The Hall–Kier alpha value is -2.80. The molecule has 1 aromatic carbocycles. The summed E-state index contributed by atoms with van der Waals surface area (Å²) >= 11 is 0. The van der Waals surface area contributed by atoms with Crippen LogP contribution < -0.4 is 10.5 Å². The smallest absolute Gasteiger partial charge is 0.419 e. The molecule has 0 fully saturated rings. The van der Waals surface area contributed by atoms with Crippen LogP contribution in [-0.2, 0) is 27.1 Å². The molecule has 0 aliphatic heterocycles. The number of esters is 1. The summed E-state index contributed by atoms with van der Waals surface area (Å²) in [5, 5.41) is 0.823. The van der Waals surface area contributed by atoms with Crippen molar-refractivity contribution in [3.05, 3.63) is 41.1 Å². The van der Waals surface area contributed by atoms with E-state index in [4.69, 9.17) is 19.9 Å². The summed E-state index contributed by atoms with van der Waals surface area (Å²) in [5.41, 5.74) is 8.81. The van der Waals surface area contributed by atoms with Crippen LogP contribution in [-0.4, -0.2) is 42.0 Å². The summed E-state index contributed by atoms with van der Waals surface area (Å²) < 4.78 is 17.7. The van der Waals surface area contributed by atoms with Gasteiger partial charge in [0.1, 0.15) is 17.4 Å². The topological polar surface area (TPSA) is 92.8 Å². The van der Waals surface area contributed by atoms with Gasteiger partial charge >= 0.3 is 12.1 Å². The first-order chi connectivity index (χ1) is 14.5. The number of carbonyl (C=O) groups excluding carboxylic acids is 2. The standard InChI is InChI=1S/C24H34N2O5/c1-8-30-22(27)19(25)14-18-17-11-10-16(29-7)13-21(17)26(20(18)12-9-15(2)3)23(28)31-24(4,5)6/h9-11,13,19H,8,12,14,25H2,1-7H3/t19-/m1/s1. The minimum Gasteiger partial charge on any atom is -0.497 e. The molecule has 1 aromatic heterocycles. The van der Waals surface area contributed by atoms with E-state index < -0.39 is 23.7 Å². The van der Waals surface area contributed by atoms with Crippen molar-refractivity contribution in [1.29, 1.82) is 0 Å². The lowest BCUT2D eigenvalue weighted by atomic mass is 10.0. The fourth-order valence-electron chi connectivity index (χ4n) is 3.33. The van der Waals surface area contributed by atoms with Gasteiger partial charge in [0.05, 0.1) is 19.2 Å². The summed E-state index contributed by atoms with van der Waals surface area (Å²) in [7, 11) is 1.57. The van der Waals surface area contributed by atoms with Crippen molar-refractivity contribution in [3.63, 3.8) is 0 Å². The normalized spacial score (nSPS) is 12.4. The Morgan fingerprint density at radius 3 is 2.45 bits per heavy atom. The highest BCUT2D eigenvalue weighted by Crippen LogP contribution is 2.32. The third-order valence-corrected chi connectivity index (χ3v) is 4.68. The predicted molar refractivity (Wildman–Crippen MR) is 122 cm³/mol. The Morgan fingerprint density at radius 2 is 1.90 bits per heavy atom. The van der Waals surface area contributed by atoms with Crippen LogP contribution in [0.15, 0.2) is 29.8 Å². The second-order valence-electron chi connectivity index (χ2n) is 8.67. The third-order valence-electron chi connectivity index (χ3n) is 4.68. The number of hydrogen-bond donors (Lipinski definition) is 1. The summed E-state index contributed by atoms with van der Waals surface area (Å²) in [4.78, 5) is 25.4. The van der Waals surface area contributed by atoms with E-state index in [1.54, 1.807) is 24.7 Å². The van der Waals surface area contributed by atoms with Gasteiger partial charge < -0.3 is 19.9 Å². The number of benzene rings is 1. The zero-order valence-corrected chi connectivity index (χ0v) is 19.6. The van der Waals surface area contributed by atoms with Crippen LogP contribution in [0.25, 0.3) is 10.9 Å². The maximum absolute atomic E-state index is 13.2. The van der Waals surface area contributed by atoms with Gasteiger partial charge in [0.2, 0.25) is 0 Å². The summed E-state index contributed by atoms with van der Waals surface area (Å²) in [6, 6.07) is 4.66. The minimum absolute atomic E-state index is 0.239. The second-order valence-corrected chi connectivity index (χ2v) is 8.67. The molecule has 31 heavy (non-hydrogen) atoms. The number of fused-ring (bicyclic) bond motifs is 1. The zero-order valence-electron chi connectivity index (χ0n) is 19.6. The van der Waals surface area contributed by atoms with Crippen molar-refractivity contribution in [3.8, 4) is 5.75 Å². The molecule has 0 amide bonds. The summed E-state index contributed by atoms with van der Waals surface area (Å²) in [5.74, 6) is 0.146. The van der Waals surface area contributed by atoms with Gasteiger partial charge in [-0.3, -0.25) is 4.79 Å². The highest BCUT2D eigenvalue weighted by Gasteiger charge is 2.27. The number of nitrogens with two attached hydrogens (primary N) is 1. The fraction of sp³-hybridized carbons (Fsp3) is 0.500. The molecule has 1 atom stereocenters. The summed E-state index contributed by atoms with van der Waals surface area (Å²) in [6.07, 6.45) is 2.28. The molecule has 2 rings (SSSR count). The van der Waals surface area contributed by atoms with Gasteiger partial charge in [-0.25, -0.2) is 9.36 Å². The third kappa shape index (κ3) is 6.10. The number of ether oxygens (including phenoxy) is 3. The zero-order chi connectivity index (χ0) is 23.3. The Labute approximate surface area is 184 Å². The van der Waals surface area contributed by atoms with Gasteiger partial charge in [-0.2, -0.15) is 0 Å². The maximum atomic E-state index is 13.2. The first-order valence-corrected chi connectivity index (χ1v) is 10.5. The number of nitrogens with zero attached hydrogens (tertiary/aromatic N) is 1. The quantitative estimate of drug-likeness (QED) is 0.518. The molecule has 0 unspecified atom stereocenters. The van der Waals surface area contributed by atoms with Gasteiger partial charge in [0.15, 0.2) is 0 Å². The van der Waals surface area contributed by atoms with Crippen molar-refractivity contribution in [1.82, 2.24) is 4.57 Å². The van der Waals surface area contributed by atoms with Crippen molar-refractivity contribution < 1.29 is 23.8 Å². The molecule has 2 aromatic rings. The number of carbonyl (C=O) groups is 2. The van der Waals surface area contributed by atoms with Crippen LogP contribution in [0.5, 0.6) is 5.75 Å². The van der Waals surface area contributed by atoms with Crippen molar-refractivity contribution in [2.24, 2.45) is 5.73 Å². The van der Waals surface area contributed by atoms with Gasteiger partial charge in [-0.15, -0.1) is 0 Å².